The smallest absolute Gasteiger partial charge is 0.265 e. The molecule has 0 saturated heterocycles. The predicted molar refractivity (Wildman–Crippen MR) is 60.7 cm³/mol. The summed E-state index contributed by atoms with van der Waals surface area (Å²) in [5, 5.41) is 0.0107. The van der Waals surface area contributed by atoms with E-state index >= 15 is 0 Å². The molecule has 0 aromatic heterocycles. The summed E-state index contributed by atoms with van der Waals surface area (Å²) in [5.41, 5.74) is 0.351. The van der Waals surface area contributed by atoms with Gasteiger partial charge in [-0.1, -0.05) is 30.7 Å². The van der Waals surface area contributed by atoms with Gasteiger partial charge in [0, 0.05) is 0 Å². The standard InChI is InChI=1S/C10H12ClFO3S/c1-7(6-16(13,14)15)5-8-3-2-4-9(11)10(8)12/h2-4,7H,5-6H2,1H3,(H,13,14,15). The third kappa shape index (κ3) is 4.08. The highest BCUT2D eigenvalue weighted by molar-refractivity contribution is 7.85. The van der Waals surface area contributed by atoms with Gasteiger partial charge in [0.05, 0.1) is 10.8 Å². The lowest BCUT2D eigenvalue weighted by molar-refractivity contribution is 0.467. The SMILES string of the molecule is CC(Cc1cccc(Cl)c1F)CS(=O)(=O)O. The van der Waals surface area contributed by atoms with E-state index in [1.54, 1.807) is 19.1 Å². The van der Waals surface area contributed by atoms with Gasteiger partial charge in [-0.05, 0) is 24.0 Å². The van der Waals surface area contributed by atoms with Gasteiger partial charge in [0.25, 0.3) is 10.1 Å². The van der Waals surface area contributed by atoms with E-state index in [-0.39, 0.29) is 23.1 Å². The topological polar surface area (TPSA) is 54.4 Å². The van der Waals surface area contributed by atoms with Crippen molar-refractivity contribution in [3.05, 3.63) is 34.6 Å². The molecule has 1 unspecified atom stereocenters. The van der Waals surface area contributed by atoms with Crippen LogP contribution in [0.15, 0.2) is 18.2 Å². The monoisotopic (exact) mass is 266 g/mol. The number of halogens is 2. The molecule has 16 heavy (non-hydrogen) atoms. The summed E-state index contributed by atoms with van der Waals surface area (Å²) in [7, 11) is -4.02. The summed E-state index contributed by atoms with van der Waals surface area (Å²) < 4.78 is 43.3. The van der Waals surface area contributed by atoms with Crippen molar-refractivity contribution in [2.75, 3.05) is 5.75 Å². The first-order chi connectivity index (χ1) is 7.29. The van der Waals surface area contributed by atoms with Crippen LogP contribution >= 0.6 is 11.6 Å². The molecule has 0 aliphatic carbocycles. The van der Waals surface area contributed by atoms with Crippen LogP contribution in [-0.4, -0.2) is 18.7 Å². The molecule has 90 valence electrons. The summed E-state index contributed by atoms with van der Waals surface area (Å²) in [4.78, 5) is 0. The van der Waals surface area contributed by atoms with E-state index < -0.39 is 15.9 Å². The maximum absolute atomic E-state index is 13.5. The van der Waals surface area contributed by atoms with Crippen LogP contribution in [-0.2, 0) is 16.5 Å². The predicted octanol–water partition coefficient (Wildman–Crippen LogP) is 2.55. The Kier molecular flexibility index (Phi) is 4.29. The molecule has 1 rings (SSSR count). The highest BCUT2D eigenvalue weighted by atomic mass is 35.5. The summed E-state index contributed by atoms with van der Waals surface area (Å²) in [6.45, 7) is 1.62. The van der Waals surface area contributed by atoms with E-state index in [4.69, 9.17) is 16.2 Å². The Balaban J connectivity index is 2.77. The van der Waals surface area contributed by atoms with Crippen LogP contribution in [0.5, 0.6) is 0 Å². The molecule has 1 aromatic rings. The van der Waals surface area contributed by atoms with E-state index in [0.717, 1.165) is 0 Å². The molecule has 1 atom stereocenters. The van der Waals surface area contributed by atoms with Crippen molar-refractivity contribution in [1.82, 2.24) is 0 Å². The van der Waals surface area contributed by atoms with Gasteiger partial charge in [0.15, 0.2) is 0 Å². The molecule has 1 N–H and O–H groups in total. The molecule has 0 radical (unpaired) electrons. The Labute approximate surface area is 99.0 Å². The molecule has 0 bridgehead atoms. The lowest BCUT2D eigenvalue weighted by Crippen LogP contribution is -2.15. The van der Waals surface area contributed by atoms with E-state index in [1.807, 2.05) is 0 Å². The van der Waals surface area contributed by atoms with Gasteiger partial charge in [-0.3, -0.25) is 4.55 Å². The largest absolute Gasteiger partial charge is 0.286 e. The Morgan fingerprint density at radius 3 is 2.69 bits per heavy atom. The highest BCUT2D eigenvalue weighted by Crippen LogP contribution is 2.20. The van der Waals surface area contributed by atoms with Crippen molar-refractivity contribution in [3.63, 3.8) is 0 Å². The minimum Gasteiger partial charge on any atom is -0.286 e. The molecule has 0 aliphatic rings. The van der Waals surface area contributed by atoms with Crippen LogP contribution in [0, 0.1) is 11.7 Å². The fourth-order valence-corrected chi connectivity index (χ4v) is 2.53. The Morgan fingerprint density at radius 1 is 1.50 bits per heavy atom. The zero-order valence-corrected chi connectivity index (χ0v) is 10.2. The Hall–Kier alpha value is -0.650. The summed E-state index contributed by atoms with van der Waals surface area (Å²) in [6, 6.07) is 4.57. The van der Waals surface area contributed by atoms with Crippen molar-refractivity contribution in [2.45, 2.75) is 13.3 Å². The van der Waals surface area contributed by atoms with Gasteiger partial charge >= 0.3 is 0 Å². The van der Waals surface area contributed by atoms with Crippen molar-refractivity contribution in [2.24, 2.45) is 5.92 Å². The summed E-state index contributed by atoms with van der Waals surface area (Å²) in [5.74, 6) is -1.30. The second kappa shape index (κ2) is 5.12. The van der Waals surface area contributed by atoms with Crippen LogP contribution < -0.4 is 0 Å². The van der Waals surface area contributed by atoms with Gasteiger partial charge in [-0.25, -0.2) is 4.39 Å². The van der Waals surface area contributed by atoms with Gasteiger partial charge in [0.1, 0.15) is 5.82 Å². The van der Waals surface area contributed by atoms with Crippen LogP contribution in [0.2, 0.25) is 5.02 Å². The molecule has 3 nitrogen and oxygen atoms in total. The van der Waals surface area contributed by atoms with Crippen LogP contribution in [0.1, 0.15) is 12.5 Å². The molecule has 0 fully saturated rings. The molecular weight excluding hydrogens is 255 g/mol. The zero-order chi connectivity index (χ0) is 12.3. The van der Waals surface area contributed by atoms with Crippen molar-refractivity contribution in [1.29, 1.82) is 0 Å². The van der Waals surface area contributed by atoms with Gasteiger partial charge in [0.2, 0.25) is 0 Å². The van der Waals surface area contributed by atoms with E-state index in [9.17, 15) is 12.8 Å². The number of hydrogen-bond donors (Lipinski definition) is 1. The number of benzene rings is 1. The van der Waals surface area contributed by atoms with Gasteiger partial charge in [-0.15, -0.1) is 0 Å². The zero-order valence-electron chi connectivity index (χ0n) is 8.65. The van der Waals surface area contributed by atoms with Crippen molar-refractivity contribution >= 4 is 21.7 Å². The van der Waals surface area contributed by atoms with Gasteiger partial charge < -0.3 is 0 Å². The molecular formula is C10H12ClFO3S. The molecule has 0 amide bonds. The van der Waals surface area contributed by atoms with Crippen LogP contribution in [0.3, 0.4) is 0 Å². The molecule has 1 aromatic carbocycles. The van der Waals surface area contributed by atoms with Gasteiger partial charge in [-0.2, -0.15) is 8.42 Å². The second-order valence-corrected chi connectivity index (χ2v) is 5.68. The quantitative estimate of drug-likeness (QED) is 0.852. The highest BCUT2D eigenvalue weighted by Gasteiger charge is 2.15. The first kappa shape index (κ1) is 13.4. The maximum Gasteiger partial charge on any atom is 0.265 e. The fourth-order valence-electron chi connectivity index (χ4n) is 1.50. The summed E-state index contributed by atoms with van der Waals surface area (Å²) >= 11 is 5.59. The van der Waals surface area contributed by atoms with Crippen molar-refractivity contribution < 1.29 is 17.4 Å². The van der Waals surface area contributed by atoms with E-state index in [1.165, 1.54) is 6.07 Å². The minimum absolute atomic E-state index is 0.0107. The van der Waals surface area contributed by atoms with E-state index in [0.29, 0.717) is 5.56 Å². The average molecular weight is 267 g/mol. The molecule has 6 heteroatoms. The minimum atomic E-state index is -4.02. The normalized spacial score (nSPS) is 13.8. The summed E-state index contributed by atoms with van der Waals surface area (Å²) in [6.07, 6.45) is 0.214. The first-order valence-electron chi connectivity index (χ1n) is 4.67. The second-order valence-electron chi connectivity index (χ2n) is 3.77. The van der Waals surface area contributed by atoms with Crippen LogP contribution in [0.4, 0.5) is 4.39 Å². The number of rotatable bonds is 4. The third-order valence-electron chi connectivity index (χ3n) is 2.10. The fraction of sp³-hybridized carbons (Fsp3) is 0.400. The lowest BCUT2D eigenvalue weighted by Gasteiger charge is -2.10. The molecule has 0 heterocycles. The molecule has 0 saturated carbocycles. The first-order valence-corrected chi connectivity index (χ1v) is 6.66. The maximum atomic E-state index is 13.5. The lowest BCUT2D eigenvalue weighted by atomic mass is 10.0. The average Bonchev–Trinajstić information content (AvgIpc) is 2.09. The van der Waals surface area contributed by atoms with E-state index in [2.05, 4.69) is 0 Å². The van der Waals surface area contributed by atoms with Crippen LogP contribution in [0.25, 0.3) is 0 Å². The third-order valence-corrected chi connectivity index (χ3v) is 3.38. The number of hydrogen-bond acceptors (Lipinski definition) is 2. The van der Waals surface area contributed by atoms with Crippen molar-refractivity contribution in [3.8, 4) is 0 Å². The molecule has 0 aliphatic heterocycles. The Morgan fingerprint density at radius 2 is 2.12 bits per heavy atom. The Bertz CT molecular complexity index is 473. The molecule has 0 spiro atoms.